The number of aryl methyl sites for hydroxylation is 2. The third-order valence-corrected chi connectivity index (χ3v) is 6.09. The van der Waals surface area contributed by atoms with Gasteiger partial charge in [-0.3, -0.25) is 14.5 Å². The van der Waals surface area contributed by atoms with E-state index in [1.54, 1.807) is 0 Å². The number of amides is 2. The van der Waals surface area contributed by atoms with Gasteiger partial charge < -0.3 is 15.1 Å². The van der Waals surface area contributed by atoms with Crippen molar-refractivity contribution in [2.75, 3.05) is 50.5 Å². The number of carbonyl (C=O) groups excluding carboxylic acids is 2. The molecule has 4 rings (SSSR count). The van der Waals surface area contributed by atoms with Crippen LogP contribution in [0.25, 0.3) is 5.57 Å². The van der Waals surface area contributed by atoms with Crippen LogP contribution in [-0.4, -0.2) is 61.9 Å². The van der Waals surface area contributed by atoms with Crippen LogP contribution >= 0.6 is 0 Å². The standard InChI is InChI=1S/C24H28N4O2/c1-16-5-6-18(15-17(16)2)21-22(24(30)27(4)23(21)29)25-19-7-9-20(10-8-19)28-13-11-26(3)12-14-28/h5-10,15,25H,11-14H2,1-4H3. The first kappa shape index (κ1) is 20.2. The molecule has 0 bridgehead atoms. The summed E-state index contributed by atoms with van der Waals surface area (Å²) in [6.07, 6.45) is 0. The number of carbonyl (C=O) groups is 2. The number of nitrogens with zero attached hydrogens (tertiary/aromatic N) is 3. The quantitative estimate of drug-likeness (QED) is 0.795. The molecule has 0 saturated carbocycles. The summed E-state index contributed by atoms with van der Waals surface area (Å²) in [7, 11) is 3.67. The van der Waals surface area contributed by atoms with Crippen molar-refractivity contribution in [3.8, 4) is 0 Å². The van der Waals surface area contributed by atoms with E-state index in [2.05, 4.69) is 34.3 Å². The maximum atomic E-state index is 12.8. The number of imide groups is 1. The first-order valence-corrected chi connectivity index (χ1v) is 10.3. The first-order valence-electron chi connectivity index (χ1n) is 10.3. The van der Waals surface area contributed by atoms with Gasteiger partial charge in [0.05, 0.1) is 5.57 Å². The average molecular weight is 405 g/mol. The number of likely N-dealkylation sites (N-methyl/N-ethyl adjacent to an activating group) is 2. The van der Waals surface area contributed by atoms with E-state index in [0.717, 1.165) is 48.6 Å². The van der Waals surface area contributed by atoms with Crippen LogP contribution in [0.15, 0.2) is 48.2 Å². The van der Waals surface area contributed by atoms with E-state index in [4.69, 9.17) is 0 Å². The molecule has 2 aliphatic heterocycles. The van der Waals surface area contributed by atoms with Gasteiger partial charge in [0.2, 0.25) is 0 Å². The summed E-state index contributed by atoms with van der Waals surface area (Å²) in [4.78, 5) is 31.4. The Balaban J connectivity index is 1.62. The molecule has 1 fully saturated rings. The van der Waals surface area contributed by atoms with Crippen LogP contribution in [0.2, 0.25) is 0 Å². The SMILES string of the molecule is Cc1ccc(C2=C(Nc3ccc(N4CCN(C)CC4)cc3)C(=O)N(C)C2=O)cc1C. The molecule has 2 aromatic carbocycles. The second-order valence-electron chi connectivity index (χ2n) is 8.18. The zero-order chi connectivity index (χ0) is 21.4. The predicted molar refractivity (Wildman–Crippen MR) is 120 cm³/mol. The number of piperazine rings is 1. The molecule has 6 heteroatoms. The summed E-state index contributed by atoms with van der Waals surface area (Å²) in [5.41, 5.74) is 5.72. The number of anilines is 2. The lowest BCUT2D eigenvalue weighted by molar-refractivity contribution is -0.135. The van der Waals surface area contributed by atoms with Crippen molar-refractivity contribution in [3.63, 3.8) is 0 Å². The highest BCUT2D eigenvalue weighted by atomic mass is 16.2. The highest BCUT2D eigenvalue weighted by Crippen LogP contribution is 2.31. The Morgan fingerprint density at radius 2 is 1.47 bits per heavy atom. The molecule has 30 heavy (non-hydrogen) atoms. The van der Waals surface area contributed by atoms with Gasteiger partial charge in [-0.1, -0.05) is 18.2 Å². The lowest BCUT2D eigenvalue weighted by Crippen LogP contribution is -2.44. The molecule has 2 heterocycles. The Kier molecular flexibility index (Phi) is 5.35. The van der Waals surface area contributed by atoms with E-state index < -0.39 is 0 Å². The lowest BCUT2D eigenvalue weighted by atomic mass is 9.99. The summed E-state index contributed by atoms with van der Waals surface area (Å²) in [6.45, 7) is 8.15. The summed E-state index contributed by atoms with van der Waals surface area (Å²) in [5.74, 6) is -0.587. The molecule has 156 valence electrons. The molecule has 1 N–H and O–H groups in total. The predicted octanol–water partition coefficient (Wildman–Crippen LogP) is 2.88. The van der Waals surface area contributed by atoms with Gasteiger partial charge in [-0.2, -0.15) is 0 Å². The fourth-order valence-corrected chi connectivity index (χ4v) is 3.89. The van der Waals surface area contributed by atoms with Crippen LogP contribution in [0.3, 0.4) is 0 Å². The number of hydrogen-bond donors (Lipinski definition) is 1. The summed E-state index contributed by atoms with van der Waals surface area (Å²) >= 11 is 0. The van der Waals surface area contributed by atoms with Gasteiger partial charge >= 0.3 is 0 Å². The molecular formula is C24H28N4O2. The minimum atomic E-state index is -0.309. The number of hydrogen-bond acceptors (Lipinski definition) is 5. The Labute approximate surface area is 177 Å². The number of nitrogens with one attached hydrogen (secondary N) is 1. The van der Waals surface area contributed by atoms with Gasteiger partial charge in [0.15, 0.2) is 0 Å². The minimum Gasteiger partial charge on any atom is -0.369 e. The highest BCUT2D eigenvalue weighted by Gasteiger charge is 2.36. The maximum absolute atomic E-state index is 12.8. The van der Waals surface area contributed by atoms with Crippen LogP contribution in [0.4, 0.5) is 11.4 Å². The van der Waals surface area contributed by atoms with Gasteiger partial charge in [-0.05, 0) is 61.9 Å². The number of benzene rings is 2. The van der Waals surface area contributed by atoms with Crippen LogP contribution in [0, 0.1) is 13.8 Å². The van der Waals surface area contributed by atoms with Crippen LogP contribution in [0.5, 0.6) is 0 Å². The molecule has 0 atom stereocenters. The van der Waals surface area contributed by atoms with E-state index >= 15 is 0 Å². The van der Waals surface area contributed by atoms with Crippen molar-refractivity contribution in [3.05, 3.63) is 64.9 Å². The highest BCUT2D eigenvalue weighted by molar-refractivity contribution is 6.36. The van der Waals surface area contributed by atoms with E-state index in [1.807, 2.05) is 44.2 Å². The van der Waals surface area contributed by atoms with Crippen LogP contribution in [-0.2, 0) is 9.59 Å². The van der Waals surface area contributed by atoms with Gasteiger partial charge in [0.25, 0.3) is 11.8 Å². The van der Waals surface area contributed by atoms with Crippen molar-refractivity contribution in [1.82, 2.24) is 9.80 Å². The molecule has 2 amide bonds. The summed E-state index contributed by atoms with van der Waals surface area (Å²) < 4.78 is 0. The molecule has 0 radical (unpaired) electrons. The fraction of sp³-hybridized carbons (Fsp3) is 0.333. The fourth-order valence-electron chi connectivity index (χ4n) is 3.89. The van der Waals surface area contributed by atoms with Gasteiger partial charge in [-0.15, -0.1) is 0 Å². The maximum Gasteiger partial charge on any atom is 0.277 e. The van der Waals surface area contributed by atoms with Crippen molar-refractivity contribution in [2.45, 2.75) is 13.8 Å². The largest absolute Gasteiger partial charge is 0.369 e. The van der Waals surface area contributed by atoms with Crippen molar-refractivity contribution in [2.24, 2.45) is 0 Å². The van der Waals surface area contributed by atoms with Crippen molar-refractivity contribution >= 4 is 28.8 Å². The molecule has 0 aromatic heterocycles. The zero-order valence-electron chi connectivity index (χ0n) is 18.0. The monoisotopic (exact) mass is 404 g/mol. The Bertz CT molecular complexity index is 1020. The molecule has 0 spiro atoms. The molecule has 2 aliphatic rings. The smallest absolute Gasteiger partial charge is 0.277 e. The lowest BCUT2D eigenvalue weighted by Gasteiger charge is -2.34. The molecule has 0 unspecified atom stereocenters. The topological polar surface area (TPSA) is 55.9 Å². The number of rotatable bonds is 4. The van der Waals surface area contributed by atoms with E-state index in [0.29, 0.717) is 11.3 Å². The van der Waals surface area contributed by atoms with Gasteiger partial charge in [0, 0.05) is 44.6 Å². The molecule has 6 nitrogen and oxygen atoms in total. The second kappa shape index (κ2) is 7.95. The Morgan fingerprint density at radius 1 is 0.800 bits per heavy atom. The third-order valence-electron chi connectivity index (χ3n) is 6.09. The molecule has 0 aliphatic carbocycles. The summed E-state index contributed by atoms with van der Waals surface area (Å²) in [5, 5.41) is 3.21. The van der Waals surface area contributed by atoms with E-state index in [-0.39, 0.29) is 11.8 Å². The molecule has 1 saturated heterocycles. The van der Waals surface area contributed by atoms with E-state index in [1.165, 1.54) is 17.6 Å². The van der Waals surface area contributed by atoms with Crippen molar-refractivity contribution < 1.29 is 9.59 Å². The van der Waals surface area contributed by atoms with Gasteiger partial charge in [0.1, 0.15) is 5.70 Å². The molecule has 2 aromatic rings. The Hall–Kier alpha value is -3.12. The Morgan fingerprint density at radius 3 is 2.10 bits per heavy atom. The van der Waals surface area contributed by atoms with Crippen LogP contribution in [0.1, 0.15) is 16.7 Å². The summed E-state index contributed by atoms with van der Waals surface area (Å²) in [6, 6.07) is 13.9. The average Bonchev–Trinajstić information content (AvgIpc) is 2.95. The minimum absolute atomic E-state index is 0.278. The third kappa shape index (κ3) is 3.71. The normalized spacial score (nSPS) is 17.9. The first-order chi connectivity index (χ1) is 14.3. The second-order valence-corrected chi connectivity index (χ2v) is 8.18. The zero-order valence-corrected chi connectivity index (χ0v) is 18.0. The van der Waals surface area contributed by atoms with E-state index in [9.17, 15) is 9.59 Å². The van der Waals surface area contributed by atoms with Gasteiger partial charge in [-0.25, -0.2) is 0 Å². The van der Waals surface area contributed by atoms with Crippen molar-refractivity contribution in [1.29, 1.82) is 0 Å². The van der Waals surface area contributed by atoms with Crippen LogP contribution < -0.4 is 10.2 Å². The molecular weight excluding hydrogens is 376 g/mol.